The van der Waals surface area contributed by atoms with E-state index in [0.717, 1.165) is 30.5 Å². The van der Waals surface area contributed by atoms with Gasteiger partial charge in [-0.2, -0.15) is 26.3 Å². The zero-order chi connectivity index (χ0) is 27.0. The Morgan fingerprint density at radius 3 is 2.49 bits per heavy atom. The molecule has 0 unspecified atom stereocenters. The normalized spacial score (nSPS) is 13.2. The van der Waals surface area contributed by atoms with Crippen LogP contribution >= 0.6 is 0 Å². The van der Waals surface area contributed by atoms with E-state index in [1.165, 1.54) is 6.20 Å². The summed E-state index contributed by atoms with van der Waals surface area (Å²) in [4.78, 5) is 25.8. The molecule has 7 nitrogen and oxygen atoms in total. The first-order chi connectivity index (χ1) is 17.3. The number of benzene rings is 1. The number of anilines is 3. The number of hydrogen-bond donors (Lipinski definition) is 2. The first-order valence-electron chi connectivity index (χ1n) is 10.7. The number of carbonyl (C=O) groups excluding carboxylic acids is 1. The summed E-state index contributed by atoms with van der Waals surface area (Å²) in [5.41, 5.74) is -2.02. The van der Waals surface area contributed by atoms with Crippen LogP contribution in [0.3, 0.4) is 0 Å². The molecule has 0 bridgehead atoms. The Labute approximate surface area is 206 Å². The number of alkyl halides is 6. The second-order valence-electron chi connectivity index (χ2n) is 8.33. The van der Waals surface area contributed by atoms with Crippen molar-refractivity contribution in [2.24, 2.45) is 0 Å². The standard InChI is InChI=1S/C24H18F6N6O/c1-36(2)7-3-4-13-8-18(21(31-11-13)24(28,29)30)34-22-32-12-14-9-19(37)33-17-10-15(23(25,26)27)5-6-16(17)20(14)35-22/h5-6,8,10-12H,7,9H2,1-2H3,(H,33,37)(H,32,34,35). The first-order valence-corrected chi connectivity index (χ1v) is 10.7. The second-order valence-corrected chi connectivity index (χ2v) is 8.33. The third kappa shape index (κ3) is 5.97. The topological polar surface area (TPSA) is 83.0 Å². The van der Waals surface area contributed by atoms with E-state index in [1.807, 2.05) is 0 Å². The maximum atomic E-state index is 13.6. The molecule has 1 aliphatic heterocycles. The van der Waals surface area contributed by atoms with E-state index in [4.69, 9.17) is 0 Å². The van der Waals surface area contributed by atoms with Crippen LogP contribution in [0.25, 0.3) is 11.3 Å². The summed E-state index contributed by atoms with van der Waals surface area (Å²) >= 11 is 0. The monoisotopic (exact) mass is 520 g/mol. The fourth-order valence-electron chi connectivity index (χ4n) is 3.50. The fourth-order valence-corrected chi connectivity index (χ4v) is 3.50. The van der Waals surface area contributed by atoms with Crippen LogP contribution in [0.4, 0.5) is 43.7 Å². The van der Waals surface area contributed by atoms with E-state index in [2.05, 4.69) is 37.4 Å². The number of amides is 1. The summed E-state index contributed by atoms with van der Waals surface area (Å²) < 4.78 is 80.4. The van der Waals surface area contributed by atoms with Gasteiger partial charge in [0.1, 0.15) is 0 Å². The molecule has 0 saturated heterocycles. The maximum Gasteiger partial charge on any atom is 0.435 e. The van der Waals surface area contributed by atoms with E-state index in [1.54, 1.807) is 19.0 Å². The van der Waals surface area contributed by atoms with Crippen molar-refractivity contribution in [1.29, 1.82) is 0 Å². The van der Waals surface area contributed by atoms with Gasteiger partial charge in [0.05, 0.1) is 35.6 Å². The summed E-state index contributed by atoms with van der Waals surface area (Å²) in [6.45, 7) is 0.375. The number of pyridine rings is 1. The average Bonchev–Trinajstić information content (AvgIpc) is 2.92. The molecule has 13 heteroatoms. The van der Waals surface area contributed by atoms with Gasteiger partial charge in [0.15, 0.2) is 5.69 Å². The number of hydrogen-bond acceptors (Lipinski definition) is 6. The van der Waals surface area contributed by atoms with Crippen molar-refractivity contribution in [3.8, 4) is 23.1 Å². The van der Waals surface area contributed by atoms with E-state index in [0.29, 0.717) is 12.1 Å². The Morgan fingerprint density at radius 2 is 1.81 bits per heavy atom. The molecule has 1 aromatic carbocycles. The molecule has 0 radical (unpaired) electrons. The van der Waals surface area contributed by atoms with Gasteiger partial charge in [-0.1, -0.05) is 17.9 Å². The van der Waals surface area contributed by atoms with Crippen molar-refractivity contribution in [2.75, 3.05) is 31.3 Å². The average molecular weight is 520 g/mol. The lowest BCUT2D eigenvalue weighted by molar-refractivity contribution is -0.140. The Hall–Kier alpha value is -4.18. The van der Waals surface area contributed by atoms with Crippen LogP contribution in [0.5, 0.6) is 0 Å². The molecular weight excluding hydrogens is 502 g/mol. The van der Waals surface area contributed by atoms with Crippen molar-refractivity contribution in [3.05, 3.63) is 59.0 Å². The summed E-state index contributed by atoms with van der Waals surface area (Å²) in [6.07, 6.45) is -7.45. The molecule has 2 N–H and O–H groups in total. The van der Waals surface area contributed by atoms with Gasteiger partial charge in [0.2, 0.25) is 11.9 Å². The van der Waals surface area contributed by atoms with Gasteiger partial charge in [-0.3, -0.25) is 9.69 Å². The highest BCUT2D eigenvalue weighted by Gasteiger charge is 2.36. The minimum Gasteiger partial charge on any atom is -0.325 e. The zero-order valence-corrected chi connectivity index (χ0v) is 19.3. The van der Waals surface area contributed by atoms with E-state index < -0.39 is 35.2 Å². The molecule has 192 valence electrons. The van der Waals surface area contributed by atoms with Gasteiger partial charge in [-0.05, 0) is 32.3 Å². The highest BCUT2D eigenvalue weighted by atomic mass is 19.4. The number of aromatic nitrogens is 3. The lowest BCUT2D eigenvalue weighted by atomic mass is 10.0. The molecule has 4 rings (SSSR count). The van der Waals surface area contributed by atoms with Gasteiger partial charge in [-0.25, -0.2) is 15.0 Å². The van der Waals surface area contributed by atoms with Crippen molar-refractivity contribution in [1.82, 2.24) is 19.9 Å². The lowest BCUT2D eigenvalue weighted by Crippen LogP contribution is -2.14. The van der Waals surface area contributed by atoms with Crippen molar-refractivity contribution in [3.63, 3.8) is 0 Å². The maximum absolute atomic E-state index is 13.6. The van der Waals surface area contributed by atoms with Crippen LogP contribution in [0.2, 0.25) is 0 Å². The van der Waals surface area contributed by atoms with Crippen LogP contribution in [0, 0.1) is 11.8 Å². The predicted octanol–water partition coefficient (Wildman–Crippen LogP) is 4.73. The molecule has 0 atom stereocenters. The minimum absolute atomic E-state index is 0.100. The van der Waals surface area contributed by atoms with Crippen molar-refractivity contribution >= 4 is 23.2 Å². The minimum atomic E-state index is -4.81. The number of fused-ring (bicyclic) bond motifs is 3. The molecule has 3 heterocycles. The van der Waals surface area contributed by atoms with Crippen molar-refractivity contribution in [2.45, 2.75) is 18.8 Å². The summed E-state index contributed by atoms with van der Waals surface area (Å²) in [7, 11) is 3.57. The number of nitrogens with one attached hydrogen (secondary N) is 2. The van der Waals surface area contributed by atoms with Gasteiger partial charge >= 0.3 is 12.4 Å². The molecule has 3 aromatic rings. The van der Waals surface area contributed by atoms with Crippen LogP contribution < -0.4 is 10.6 Å². The molecular formula is C24H18F6N6O. The van der Waals surface area contributed by atoms with Crippen LogP contribution in [0.1, 0.15) is 22.4 Å². The highest BCUT2D eigenvalue weighted by Crippen LogP contribution is 2.39. The number of halogens is 6. The lowest BCUT2D eigenvalue weighted by Gasteiger charge is -2.15. The summed E-state index contributed by atoms with van der Waals surface area (Å²) in [6, 6.07) is 3.90. The molecule has 37 heavy (non-hydrogen) atoms. The third-order valence-electron chi connectivity index (χ3n) is 5.12. The molecule has 0 saturated carbocycles. The fraction of sp³-hybridized carbons (Fsp3) is 0.250. The zero-order valence-electron chi connectivity index (χ0n) is 19.3. The molecule has 1 aliphatic rings. The van der Waals surface area contributed by atoms with E-state index >= 15 is 0 Å². The Morgan fingerprint density at radius 1 is 1.05 bits per heavy atom. The number of carbonyl (C=O) groups is 1. The largest absolute Gasteiger partial charge is 0.435 e. The number of rotatable bonds is 3. The summed E-state index contributed by atoms with van der Waals surface area (Å²) in [5.74, 6) is 4.68. The SMILES string of the molecule is CN(C)CC#Cc1cnc(C(F)(F)F)c(Nc2ncc3c(n2)-c2ccc(C(F)(F)F)cc2NC(=O)C3)c1. The quantitative estimate of drug-likeness (QED) is 0.384. The van der Waals surface area contributed by atoms with E-state index in [9.17, 15) is 31.1 Å². The van der Waals surface area contributed by atoms with Gasteiger partial charge in [0.25, 0.3) is 0 Å². The van der Waals surface area contributed by atoms with Crippen molar-refractivity contribution < 1.29 is 31.1 Å². The Kier molecular flexibility index (Phi) is 6.79. The Bertz CT molecular complexity index is 1420. The molecule has 2 aromatic heterocycles. The first kappa shape index (κ1) is 25.9. The number of nitrogens with zero attached hydrogens (tertiary/aromatic N) is 4. The molecule has 0 aliphatic carbocycles. The van der Waals surface area contributed by atoms with E-state index in [-0.39, 0.29) is 34.9 Å². The van der Waals surface area contributed by atoms with Gasteiger partial charge in [-0.15, -0.1) is 0 Å². The van der Waals surface area contributed by atoms with Crippen LogP contribution in [-0.2, 0) is 23.6 Å². The van der Waals surface area contributed by atoms with Crippen LogP contribution in [0.15, 0.2) is 36.7 Å². The molecule has 0 spiro atoms. The molecule has 0 fully saturated rings. The highest BCUT2D eigenvalue weighted by molar-refractivity contribution is 6.00. The smallest absolute Gasteiger partial charge is 0.325 e. The second kappa shape index (κ2) is 9.70. The molecule has 1 amide bonds. The van der Waals surface area contributed by atoms with Gasteiger partial charge < -0.3 is 10.6 Å². The van der Waals surface area contributed by atoms with Crippen LogP contribution in [-0.4, -0.2) is 46.4 Å². The summed E-state index contributed by atoms with van der Waals surface area (Å²) in [5, 5.41) is 4.91. The Balaban J connectivity index is 1.76. The van der Waals surface area contributed by atoms with Gasteiger partial charge in [0, 0.05) is 29.1 Å². The predicted molar refractivity (Wildman–Crippen MR) is 123 cm³/mol. The third-order valence-corrected chi connectivity index (χ3v) is 5.12.